The molecule has 0 aromatic rings. The zero-order chi connectivity index (χ0) is 15.0. The molecule has 0 atom stereocenters. The number of esters is 1. The van der Waals surface area contributed by atoms with Crippen LogP contribution in [0.25, 0.3) is 0 Å². The van der Waals surface area contributed by atoms with Crippen LogP contribution in [0.5, 0.6) is 0 Å². The van der Waals surface area contributed by atoms with E-state index in [2.05, 4.69) is 33.8 Å². The first-order valence-corrected chi connectivity index (χ1v) is 7.51. The number of rotatable bonds is 6. The van der Waals surface area contributed by atoms with Gasteiger partial charge < -0.3 is 15.0 Å². The van der Waals surface area contributed by atoms with Crippen molar-refractivity contribution in [2.45, 2.75) is 46.0 Å². The predicted octanol–water partition coefficient (Wildman–Crippen LogP) is 2.03. The highest BCUT2D eigenvalue weighted by Gasteiger charge is 2.30. The first-order chi connectivity index (χ1) is 9.48. The van der Waals surface area contributed by atoms with E-state index in [9.17, 15) is 4.79 Å². The van der Waals surface area contributed by atoms with Crippen LogP contribution < -0.4 is 5.32 Å². The molecule has 0 radical (unpaired) electrons. The van der Waals surface area contributed by atoms with Gasteiger partial charge in [-0.15, -0.1) is 0 Å². The van der Waals surface area contributed by atoms with E-state index < -0.39 is 0 Å². The minimum atomic E-state index is -0.118. The fourth-order valence-corrected chi connectivity index (χ4v) is 2.50. The molecule has 5 heteroatoms. The van der Waals surface area contributed by atoms with Gasteiger partial charge in [-0.2, -0.15) is 0 Å². The minimum absolute atomic E-state index is 0.118. The van der Waals surface area contributed by atoms with Crippen LogP contribution in [0.4, 0.5) is 0 Å². The molecule has 0 unspecified atom stereocenters. The van der Waals surface area contributed by atoms with E-state index in [1.165, 1.54) is 13.5 Å². The number of nitrogens with zero attached hydrogens (tertiary/aromatic N) is 2. The fraction of sp³-hybridized carbons (Fsp3) is 0.867. The molecule has 0 aromatic carbocycles. The number of likely N-dealkylation sites (tertiary alicyclic amines) is 1. The average Bonchev–Trinajstić information content (AvgIpc) is 2.77. The molecule has 0 saturated carbocycles. The Hall–Kier alpha value is -1.26. The van der Waals surface area contributed by atoms with Crippen LogP contribution in [0.3, 0.4) is 0 Å². The molecule has 1 N–H and O–H groups in total. The molecule has 0 amide bonds. The molecule has 5 nitrogen and oxygen atoms in total. The van der Waals surface area contributed by atoms with Gasteiger partial charge in [0.15, 0.2) is 5.96 Å². The quantitative estimate of drug-likeness (QED) is 0.351. The number of aliphatic imine (C=N–C) groups is 1. The summed E-state index contributed by atoms with van der Waals surface area (Å²) >= 11 is 0. The van der Waals surface area contributed by atoms with Crippen molar-refractivity contribution in [3.63, 3.8) is 0 Å². The second-order valence-electron chi connectivity index (χ2n) is 6.20. The number of carbonyl (C=O) groups is 1. The lowest BCUT2D eigenvalue weighted by atomic mass is 9.93. The van der Waals surface area contributed by atoms with Gasteiger partial charge in [0.1, 0.15) is 0 Å². The highest BCUT2D eigenvalue weighted by Crippen LogP contribution is 2.28. The van der Waals surface area contributed by atoms with E-state index in [1.807, 2.05) is 7.05 Å². The van der Waals surface area contributed by atoms with Crippen LogP contribution in [0.1, 0.15) is 46.0 Å². The number of carbonyl (C=O) groups excluding carboxylic acids is 1. The van der Waals surface area contributed by atoms with Crippen molar-refractivity contribution in [2.24, 2.45) is 10.4 Å². The summed E-state index contributed by atoms with van der Waals surface area (Å²) in [6.07, 6.45) is 4.71. The standard InChI is InChI=1S/C15H29N3O2/c1-15(2)9-11-18(12-15)14(16-3)17-10-7-5-6-8-13(19)20-4/h5-12H2,1-4H3,(H,16,17). The van der Waals surface area contributed by atoms with Crippen LogP contribution in [0.2, 0.25) is 0 Å². The zero-order valence-electron chi connectivity index (χ0n) is 13.4. The number of ether oxygens (including phenoxy) is 1. The monoisotopic (exact) mass is 283 g/mol. The molecule has 1 heterocycles. The molecule has 0 aromatic heterocycles. The van der Waals surface area contributed by atoms with Crippen LogP contribution in [-0.4, -0.2) is 50.6 Å². The first-order valence-electron chi connectivity index (χ1n) is 7.51. The summed E-state index contributed by atoms with van der Waals surface area (Å²) < 4.78 is 4.62. The number of methoxy groups -OCH3 is 1. The third kappa shape index (κ3) is 5.80. The Morgan fingerprint density at radius 3 is 2.65 bits per heavy atom. The molecule has 20 heavy (non-hydrogen) atoms. The predicted molar refractivity (Wildman–Crippen MR) is 81.8 cm³/mol. The van der Waals surface area contributed by atoms with Crippen molar-refractivity contribution in [3.05, 3.63) is 0 Å². The molecular weight excluding hydrogens is 254 g/mol. The molecule has 1 aliphatic heterocycles. The topological polar surface area (TPSA) is 53.9 Å². The summed E-state index contributed by atoms with van der Waals surface area (Å²) in [4.78, 5) is 17.7. The maximum absolute atomic E-state index is 11.0. The van der Waals surface area contributed by atoms with Gasteiger partial charge in [-0.1, -0.05) is 20.3 Å². The van der Waals surface area contributed by atoms with Gasteiger partial charge >= 0.3 is 5.97 Å². The highest BCUT2D eigenvalue weighted by molar-refractivity contribution is 5.80. The summed E-state index contributed by atoms with van der Waals surface area (Å²) in [5.74, 6) is 0.886. The van der Waals surface area contributed by atoms with Gasteiger partial charge in [-0.25, -0.2) is 0 Å². The molecule has 1 saturated heterocycles. The second-order valence-corrected chi connectivity index (χ2v) is 6.20. The van der Waals surface area contributed by atoms with E-state index in [1.54, 1.807) is 0 Å². The van der Waals surface area contributed by atoms with Gasteiger partial charge in [-0.05, 0) is 24.7 Å². The molecular formula is C15H29N3O2. The van der Waals surface area contributed by atoms with Gasteiger partial charge in [0, 0.05) is 33.1 Å². The molecule has 1 fully saturated rings. The summed E-state index contributed by atoms with van der Waals surface area (Å²) in [7, 11) is 3.27. The number of nitrogens with one attached hydrogen (secondary N) is 1. The lowest BCUT2D eigenvalue weighted by Gasteiger charge is -2.23. The lowest BCUT2D eigenvalue weighted by Crippen LogP contribution is -2.41. The summed E-state index contributed by atoms with van der Waals surface area (Å²) in [6, 6.07) is 0. The maximum Gasteiger partial charge on any atom is 0.305 e. The smallest absolute Gasteiger partial charge is 0.305 e. The largest absolute Gasteiger partial charge is 0.469 e. The second kappa shape index (κ2) is 8.12. The summed E-state index contributed by atoms with van der Waals surface area (Å²) in [6.45, 7) is 7.65. The Labute approximate surface area is 122 Å². The van der Waals surface area contributed by atoms with Gasteiger partial charge in [0.25, 0.3) is 0 Å². The Balaban J connectivity index is 2.15. The fourth-order valence-electron chi connectivity index (χ4n) is 2.50. The molecule has 0 bridgehead atoms. The van der Waals surface area contributed by atoms with Crippen molar-refractivity contribution >= 4 is 11.9 Å². The van der Waals surface area contributed by atoms with Gasteiger partial charge in [0.05, 0.1) is 7.11 Å². The van der Waals surface area contributed by atoms with Crippen molar-refractivity contribution in [1.82, 2.24) is 10.2 Å². The van der Waals surface area contributed by atoms with Crippen molar-refractivity contribution < 1.29 is 9.53 Å². The summed E-state index contributed by atoms with van der Waals surface area (Å²) in [5.41, 5.74) is 0.387. The number of hydrogen-bond donors (Lipinski definition) is 1. The van der Waals surface area contributed by atoms with Crippen molar-refractivity contribution in [1.29, 1.82) is 0 Å². The van der Waals surface area contributed by atoms with Crippen LogP contribution in [0.15, 0.2) is 4.99 Å². The average molecular weight is 283 g/mol. The molecule has 1 aliphatic rings. The number of hydrogen-bond acceptors (Lipinski definition) is 3. The van der Waals surface area contributed by atoms with E-state index in [-0.39, 0.29) is 5.97 Å². The number of guanidine groups is 1. The van der Waals surface area contributed by atoms with Crippen LogP contribution in [-0.2, 0) is 9.53 Å². The third-order valence-corrected chi connectivity index (χ3v) is 3.76. The first kappa shape index (κ1) is 16.8. The minimum Gasteiger partial charge on any atom is -0.469 e. The molecule has 116 valence electrons. The molecule has 0 aliphatic carbocycles. The van der Waals surface area contributed by atoms with E-state index in [0.29, 0.717) is 11.8 Å². The van der Waals surface area contributed by atoms with Crippen molar-refractivity contribution in [2.75, 3.05) is 33.8 Å². The SMILES string of the molecule is CN=C(NCCCCCC(=O)OC)N1CCC(C)(C)C1. The van der Waals surface area contributed by atoms with Gasteiger partial charge in [-0.3, -0.25) is 9.79 Å². The Morgan fingerprint density at radius 1 is 1.35 bits per heavy atom. The Kier molecular flexibility index (Phi) is 6.82. The lowest BCUT2D eigenvalue weighted by molar-refractivity contribution is -0.140. The Bertz CT molecular complexity index is 340. The maximum atomic E-state index is 11.0. The van der Waals surface area contributed by atoms with Crippen molar-refractivity contribution in [3.8, 4) is 0 Å². The van der Waals surface area contributed by atoms with E-state index in [4.69, 9.17) is 0 Å². The van der Waals surface area contributed by atoms with E-state index in [0.717, 1.165) is 44.9 Å². The normalized spacial score (nSPS) is 18.2. The molecule has 0 spiro atoms. The Morgan fingerprint density at radius 2 is 2.10 bits per heavy atom. The van der Waals surface area contributed by atoms with Crippen LogP contribution >= 0.6 is 0 Å². The number of unbranched alkanes of at least 4 members (excludes halogenated alkanes) is 2. The zero-order valence-corrected chi connectivity index (χ0v) is 13.4. The van der Waals surface area contributed by atoms with Gasteiger partial charge in [0.2, 0.25) is 0 Å². The summed E-state index contributed by atoms with van der Waals surface area (Å²) in [5, 5.41) is 3.41. The highest BCUT2D eigenvalue weighted by atomic mass is 16.5. The molecule has 1 rings (SSSR count). The van der Waals surface area contributed by atoms with E-state index >= 15 is 0 Å². The van der Waals surface area contributed by atoms with Crippen LogP contribution in [0, 0.1) is 5.41 Å². The third-order valence-electron chi connectivity index (χ3n) is 3.76.